The van der Waals surface area contributed by atoms with Crippen molar-refractivity contribution in [1.29, 1.82) is 0 Å². The average molecular weight is 320 g/mol. The van der Waals surface area contributed by atoms with Gasteiger partial charge in [-0.25, -0.2) is 0 Å². The van der Waals surface area contributed by atoms with Crippen molar-refractivity contribution in [1.82, 2.24) is 5.32 Å². The number of anilines is 1. The molecule has 1 fully saturated rings. The molecule has 6 nitrogen and oxygen atoms in total. The number of hydrogen-bond donors (Lipinski definition) is 2. The van der Waals surface area contributed by atoms with E-state index < -0.39 is 6.04 Å². The van der Waals surface area contributed by atoms with Crippen LogP contribution in [0.2, 0.25) is 0 Å². The Labute approximate surface area is 136 Å². The SMILES string of the molecule is COc1ccc(NC(=O)C(NC(C)=O)C2CCCC2)cc1OC. The number of rotatable bonds is 6. The van der Waals surface area contributed by atoms with Crippen molar-refractivity contribution in [3.63, 3.8) is 0 Å². The summed E-state index contributed by atoms with van der Waals surface area (Å²) in [5.74, 6) is 0.949. The van der Waals surface area contributed by atoms with Crippen molar-refractivity contribution < 1.29 is 19.1 Å². The Hall–Kier alpha value is -2.24. The van der Waals surface area contributed by atoms with E-state index in [1.807, 2.05) is 0 Å². The zero-order valence-electron chi connectivity index (χ0n) is 13.8. The molecule has 2 N–H and O–H groups in total. The van der Waals surface area contributed by atoms with E-state index in [1.165, 1.54) is 6.92 Å². The van der Waals surface area contributed by atoms with E-state index in [4.69, 9.17) is 9.47 Å². The second-order valence-electron chi connectivity index (χ2n) is 5.78. The molecule has 23 heavy (non-hydrogen) atoms. The van der Waals surface area contributed by atoms with E-state index in [9.17, 15) is 9.59 Å². The van der Waals surface area contributed by atoms with E-state index in [1.54, 1.807) is 32.4 Å². The molecule has 1 aromatic rings. The van der Waals surface area contributed by atoms with Crippen molar-refractivity contribution >= 4 is 17.5 Å². The van der Waals surface area contributed by atoms with E-state index in [2.05, 4.69) is 10.6 Å². The number of benzene rings is 1. The van der Waals surface area contributed by atoms with Crippen molar-refractivity contribution in [2.45, 2.75) is 38.6 Å². The number of carbonyl (C=O) groups excluding carboxylic acids is 2. The lowest BCUT2D eigenvalue weighted by molar-refractivity contribution is -0.126. The summed E-state index contributed by atoms with van der Waals surface area (Å²) in [5, 5.41) is 5.65. The highest BCUT2D eigenvalue weighted by molar-refractivity contribution is 5.97. The first-order valence-electron chi connectivity index (χ1n) is 7.85. The number of hydrogen-bond acceptors (Lipinski definition) is 4. The number of carbonyl (C=O) groups is 2. The van der Waals surface area contributed by atoms with E-state index in [0.29, 0.717) is 17.2 Å². The van der Waals surface area contributed by atoms with Gasteiger partial charge in [0, 0.05) is 18.7 Å². The van der Waals surface area contributed by atoms with Crippen LogP contribution in [-0.4, -0.2) is 32.1 Å². The van der Waals surface area contributed by atoms with E-state index >= 15 is 0 Å². The molecule has 0 spiro atoms. The summed E-state index contributed by atoms with van der Waals surface area (Å²) in [7, 11) is 3.10. The van der Waals surface area contributed by atoms with Crippen LogP contribution in [0.25, 0.3) is 0 Å². The van der Waals surface area contributed by atoms with Gasteiger partial charge in [-0.15, -0.1) is 0 Å². The summed E-state index contributed by atoms with van der Waals surface area (Å²) in [4.78, 5) is 24.0. The fourth-order valence-electron chi connectivity index (χ4n) is 3.04. The Kier molecular flexibility index (Phi) is 5.84. The van der Waals surface area contributed by atoms with Crippen LogP contribution in [0, 0.1) is 5.92 Å². The smallest absolute Gasteiger partial charge is 0.247 e. The topological polar surface area (TPSA) is 76.7 Å². The largest absolute Gasteiger partial charge is 0.493 e. The third kappa shape index (κ3) is 4.37. The molecule has 2 amide bonds. The fourth-order valence-corrected chi connectivity index (χ4v) is 3.04. The van der Waals surface area contributed by atoms with Gasteiger partial charge in [-0.3, -0.25) is 9.59 Å². The van der Waals surface area contributed by atoms with Gasteiger partial charge in [0.25, 0.3) is 0 Å². The van der Waals surface area contributed by atoms with Gasteiger partial charge in [0.2, 0.25) is 11.8 Å². The first-order valence-corrected chi connectivity index (χ1v) is 7.85. The van der Waals surface area contributed by atoms with Gasteiger partial charge in [0.1, 0.15) is 6.04 Å². The van der Waals surface area contributed by atoms with Gasteiger partial charge in [0.15, 0.2) is 11.5 Å². The van der Waals surface area contributed by atoms with Gasteiger partial charge in [-0.2, -0.15) is 0 Å². The van der Waals surface area contributed by atoms with Gasteiger partial charge < -0.3 is 20.1 Å². The zero-order valence-corrected chi connectivity index (χ0v) is 13.8. The van der Waals surface area contributed by atoms with Gasteiger partial charge >= 0.3 is 0 Å². The minimum Gasteiger partial charge on any atom is -0.493 e. The predicted octanol–water partition coefficient (Wildman–Crippen LogP) is 2.34. The fraction of sp³-hybridized carbons (Fsp3) is 0.529. The lowest BCUT2D eigenvalue weighted by Gasteiger charge is -2.23. The Morgan fingerprint density at radius 3 is 2.35 bits per heavy atom. The number of methoxy groups -OCH3 is 2. The lowest BCUT2D eigenvalue weighted by atomic mass is 9.97. The van der Waals surface area contributed by atoms with Crippen LogP contribution in [0.4, 0.5) is 5.69 Å². The summed E-state index contributed by atoms with van der Waals surface area (Å²) in [6, 6.07) is 4.69. The van der Waals surface area contributed by atoms with Crippen LogP contribution < -0.4 is 20.1 Å². The maximum atomic E-state index is 12.6. The molecule has 1 atom stereocenters. The molecule has 0 aromatic heterocycles. The summed E-state index contributed by atoms with van der Waals surface area (Å²) in [5.41, 5.74) is 0.612. The van der Waals surface area contributed by atoms with Gasteiger partial charge in [-0.1, -0.05) is 12.8 Å². The summed E-state index contributed by atoms with van der Waals surface area (Å²) >= 11 is 0. The monoisotopic (exact) mass is 320 g/mol. The standard InChI is InChI=1S/C17H24N2O4/c1-11(20)18-16(12-6-4-5-7-12)17(21)19-13-8-9-14(22-2)15(10-13)23-3/h8-10,12,16H,4-7H2,1-3H3,(H,18,20)(H,19,21). The van der Waals surface area contributed by atoms with E-state index in [-0.39, 0.29) is 17.7 Å². The van der Waals surface area contributed by atoms with Crippen molar-refractivity contribution in [2.24, 2.45) is 5.92 Å². The van der Waals surface area contributed by atoms with Crippen LogP contribution in [0.5, 0.6) is 11.5 Å². The van der Waals surface area contributed by atoms with E-state index in [0.717, 1.165) is 25.7 Å². The maximum Gasteiger partial charge on any atom is 0.247 e. The molecule has 0 aliphatic heterocycles. The molecule has 1 unspecified atom stereocenters. The Morgan fingerprint density at radius 2 is 1.78 bits per heavy atom. The highest BCUT2D eigenvalue weighted by Gasteiger charge is 2.31. The zero-order chi connectivity index (χ0) is 16.8. The summed E-state index contributed by atoms with van der Waals surface area (Å²) in [6.45, 7) is 1.44. The first-order chi connectivity index (χ1) is 11.0. The normalized spacial score (nSPS) is 15.8. The Balaban J connectivity index is 2.12. The van der Waals surface area contributed by atoms with Crippen LogP contribution in [0.3, 0.4) is 0 Å². The van der Waals surface area contributed by atoms with Crippen molar-refractivity contribution in [3.05, 3.63) is 18.2 Å². The van der Waals surface area contributed by atoms with Crippen molar-refractivity contribution in [3.8, 4) is 11.5 Å². The van der Waals surface area contributed by atoms with Crippen LogP contribution in [-0.2, 0) is 9.59 Å². The minimum atomic E-state index is -0.497. The molecule has 126 valence electrons. The van der Waals surface area contributed by atoms with Gasteiger partial charge in [0.05, 0.1) is 14.2 Å². The number of ether oxygens (including phenoxy) is 2. The Bertz CT molecular complexity index is 568. The first kappa shape index (κ1) is 17.1. The van der Waals surface area contributed by atoms with Crippen LogP contribution >= 0.6 is 0 Å². The third-order valence-corrected chi connectivity index (χ3v) is 4.16. The highest BCUT2D eigenvalue weighted by Crippen LogP contribution is 2.31. The maximum absolute atomic E-state index is 12.6. The molecular formula is C17H24N2O4. The molecule has 1 saturated carbocycles. The molecule has 0 heterocycles. The quantitative estimate of drug-likeness (QED) is 0.843. The second kappa shape index (κ2) is 7.85. The minimum absolute atomic E-state index is 0.190. The molecule has 6 heteroatoms. The molecule has 0 saturated heterocycles. The lowest BCUT2D eigenvalue weighted by Crippen LogP contribution is -2.47. The van der Waals surface area contributed by atoms with Gasteiger partial charge in [-0.05, 0) is 30.9 Å². The number of amides is 2. The second-order valence-corrected chi connectivity index (χ2v) is 5.78. The number of nitrogens with one attached hydrogen (secondary N) is 2. The Morgan fingerprint density at radius 1 is 1.13 bits per heavy atom. The predicted molar refractivity (Wildman–Crippen MR) is 87.7 cm³/mol. The van der Waals surface area contributed by atoms with Crippen molar-refractivity contribution in [2.75, 3.05) is 19.5 Å². The molecule has 1 aliphatic carbocycles. The molecule has 0 radical (unpaired) electrons. The molecule has 0 bridgehead atoms. The molecule has 2 rings (SSSR count). The molecule has 1 aliphatic rings. The van der Waals surface area contributed by atoms with Crippen LogP contribution in [0.15, 0.2) is 18.2 Å². The third-order valence-electron chi connectivity index (χ3n) is 4.16. The van der Waals surface area contributed by atoms with Crippen LogP contribution in [0.1, 0.15) is 32.6 Å². The molecule has 1 aromatic carbocycles. The highest BCUT2D eigenvalue weighted by atomic mass is 16.5. The summed E-state index contributed by atoms with van der Waals surface area (Å²) in [6.07, 6.45) is 4.13. The average Bonchev–Trinajstić information content (AvgIpc) is 3.06. The summed E-state index contributed by atoms with van der Waals surface area (Å²) < 4.78 is 10.4. The molecular weight excluding hydrogens is 296 g/mol.